The Kier molecular flexibility index (Phi) is 1.52. The monoisotopic (exact) mass is 197 g/mol. The summed E-state index contributed by atoms with van der Waals surface area (Å²) in [6.07, 6.45) is 0. The first-order chi connectivity index (χ1) is 6.88. The van der Waals surface area contributed by atoms with Crippen molar-refractivity contribution in [2.75, 3.05) is 0 Å². The van der Waals surface area contributed by atoms with Gasteiger partial charge in [0.25, 0.3) is 0 Å². The van der Waals surface area contributed by atoms with Crippen LogP contribution in [0.3, 0.4) is 0 Å². The Balaban J connectivity index is 2.69. The molecule has 0 spiro atoms. The van der Waals surface area contributed by atoms with Crippen molar-refractivity contribution in [1.29, 1.82) is 0 Å². The van der Waals surface area contributed by atoms with E-state index in [0.29, 0.717) is 0 Å². The van der Waals surface area contributed by atoms with E-state index in [0.717, 1.165) is 10.4 Å². The van der Waals surface area contributed by atoms with Gasteiger partial charge < -0.3 is 4.23 Å². The molecular weight excluding hydrogens is 186 g/mol. The van der Waals surface area contributed by atoms with Gasteiger partial charge in [-0.1, -0.05) is 36.4 Å². The van der Waals surface area contributed by atoms with Crippen LogP contribution in [0.15, 0.2) is 48.5 Å². The van der Waals surface area contributed by atoms with Crippen LogP contribution in [0.25, 0.3) is 21.8 Å². The van der Waals surface area contributed by atoms with Crippen molar-refractivity contribution in [3.05, 3.63) is 48.5 Å². The fourth-order valence-corrected chi connectivity index (χ4v) is 2.90. The molecule has 0 aliphatic heterocycles. The molecule has 1 nitrogen and oxygen atoms in total. The van der Waals surface area contributed by atoms with Crippen LogP contribution in [0.2, 0.25) is 0 Å². The number of rotatable bonds is 0. The SMILES string of the molecule is [SiH3]n1c2ccccc2c2ccccc21. The second kappa shape index (κ2) is 2.72. The largest absolute Gasteiger partial charge is 0.377 e. The van der Waals surface area contributed by atoms with Gasteiger partial charge in [0.2, 0.25) is 0 Å². The van der Waals surface area contributed by atoms with Crippen molar-refractivity contribution in [3.63, 3.8) is 0 Å². The Bertz CT molecular complexity index is 557. The van der Waals surface area contributed by atoms with Crippen LogP contribution < -0.4 is 0 Å². The zero-order valence-electron chi connectivity index (χ0n) is 8.07. The first-order valence-corrected chi connectivity index (χ1v) is 5.69. The normalized spacial score (nSPS) is 11.4. The quantitative estimate of drug-likeness (QED) is 0.485. The van der Waals surface area contributed by atoms with Gasteiger partial charge in [-0.2, -0.15) is 0 Å². The first kappa shape index (κ1) is 7.82. The van der Waals surface area contributed by atoms with Gasteiger partial charge in [-0.15, -0.1) is 0 Å². The number of nitrogens with zero attached hydrogens (tertiary/aromatic N) is 1. The van der Waals surface area contributed by atoms with E-state index in [1.807, 2.05) is 0 Å². The maximum Gasteiger partial charge on any atom is 0.114 e. The van der Waals surface area contributed by atoms with Crippen LogP contribution in [0, 0.1) is 0 Å². The maximum atomic E-state index is 2.38. The highest BCUT2D eigenvalue weighted by Gasteiger charge is 2.04. The number of hydrogen-bond acceptors (Lipinski definition) is 0. The van der Waals surface area contributed by atoms with Crippen molar-refractivity contribution in [2.24, 2.45) is 0 Å². The molecule has 0 saturated heterocycles. The molecule has 68 valence electrons. The maximum absolute atomic E-state index is 2.38. The lowest BCUT2D eigenvalue weighted by molar-refractivity contribution is 1.39. The summed E-state index contributed by atoms with van der Waals surface area (Å²) in [7, 11) is 1.04. The zero-order valence-corrected chi connectivity index (χ0v) is 10.1. The fourth-order valence-electron chi connectivity index (χ4n) is 2.12. The van der Waals surface area contributed by atoms with E-state index in [9.17, 15) is 0 Å². The van der Waals surface area contributed by atoms with Gasteiger partial charge in [-0.25, -0.2) is 0 Å². The highest BCUT2D eigenvalue weighted by molar-refractivity contribution is 6.21. The van der Waals surface area contributed by atoms with Gasteiger partial charge in [0.1, 0.15) is 10.4 Å². The lowest BCUT2D eigenvalue weighted by Crippen LogP contribution is -1.88. The molecule has 14 heavy (non-hydrogen) atoms. The third kappa shape index (κ3) is 0.888. The summed E-state index contributed by atoms with van der Waals surface area (Å²) < 4.78 is 2.38. The number of fused-ring (bicyclic) bond motifs is 3. The summed E-state index contributed by atoms with van der Waals surface area (Å²) in [5.74, 6) is 0. The molecule has 3 rings (SSSR count). The van der Waals surface area contributed by atoms with Crippen molar-refractivity contribution in [2.45, 2.75) is 0 Å². The Morgan fingerprint density at radius 3 is 1.64 bits per heavy atom. The second-order valence-corrected chi connectivity index (χ2v) is 4.49. The highest BCUT2D eigenvalue weighted by Crippen LogP contribution is 2.26. The van der Waals surface area contributed by atoms with Crippen molar-refractivity contribution in [3.8, 4) is 0 Å². The molecule has 0 aliphatic carbocycles. The molecule has 0 N–H and O–H groups in total. The van der Waals surface area contributed by atoms with E-state index < -0.39 is 0 Å². The zero-order chi connectivity index (χ0) is 9.54. The van der Waals surface area contributed by atoms with Crippen LogP contribution in [0.1, 0.15) is 0 Å². The van der Waals surface area contributed by atoms with Gasteiger partial charge in [0.05, 0.1) is 0 Å². The van der Waals surface area contributed by atoms with Crippen LogP contribution in [0.4, 0.5) is 0 Å². The van der Waals surface area contributed by atoms with Crippen LogP contribution in [-0.4, -0.2) is 14.6 Å². The van der Waals surface area contributed by atoms with Crippen LogP contribution in [-0.2, 0) is 0 Å². The molecule has 2 aromatic carbocycles. The number of para-hydroxylation sites is 2. The van der Waals surface area contributed by atoms with Gasteiger partial charge in [0, 0.05) is 21.8 Å². The van der Waals surface area contributed by atoms with Gasteiger partial charge in [-0.3, -0.25) is 0 Å². The van der Waals surface area contributed by atoms with Gasteiger partial charge in [-0.05, 0) is 12.1 Å². The minimum absolute atomic E-state index is 1.04. The lowest BCUT2D eigenvalue weighted by atomic mass is 10.2. The van der Waals surface area contributed by atoms with E-state index in [4.69, 9.17) is 0 Å². The lowest BCUT2D eigenvalue weighted by Gasteiger charge is -1.96. The minimum Gasteiger partial charge on any atom is -0.377 e. The Labute approximate surface area is 85.5 Å². The van der Waals surface area contributed by atoms with Crippen LogP contribution >= 0.6 is 0 Å². The summed E-state index contributed by atoms with van der Waals surface area (Å²) in [6, 6.07) is 17.2. The Morgan fingerprint density at radius 1 is 0.714 bits per heavy atom. The predicted octanol–water partition coefficient (Wildman–Crippen LogP) is 1.92. The standard InChI is InChI=1S/C12H11NSi/c14-13-11-7-3-1-5-9(11)10-6-2-4-8-12(10)13/h1-8H,14H3. The molecule has 0 amide bonds. The highest BCUT2D eigenvalue weighted by atomic mass is 28.2. The molecule has 3 aromatic rings. The number of benzene rings is 2. The summed E-state index contributed by atoms with van der Waals surface area (Å²) in [4.78, 5) is 0. The molecule has 0 radical (unpaired) electrons. The van der Waals surface area contributed by atoms with E-state index in [1.165, 1.54) is 21.8 Å². The second-order valence-electron chi connectivity index (χ2n) is 3.59. The molecule has 0 fully saturated rings. The van der Waals surface area contributed by atoms with E-state index in [2.05, 4.69) is 52.8 Å². The topological polar surface area (TPSA) is 4.93 Å². The Hall–Kier alpha value is -1.54. The van der Waals surface area contributed by atoms with Crippen molar-refractivity contribution >= 4 is 32.2 Å². The summed E-state index contributed by atoms with van der Waals surface area (Å²) >= 11 is 0. The van der Waals surface area contributed by atoms with Gasteiger partial charge in [0.15, 0.2) is 0 Å². The average Bonchev–Trinajstić information content (AvgIpc) is 2.55. The Morgan fingerprint density at radius 2 is 1.14 bits per heavy atom. The molecular formula is C12H11NSi. The fraction of sp³-hybridized carbons (Fsp3) is 0. The van der Waals surface area contributed by atoms with E-state index in [-0.39, 0.29) is 0 Å². The van der Waals surface area contributed by atoms with Crippen molar-refractivity contribution < 1.29 is 0 Å². The van der Waals surface area contributed by atoms with E-state index in [1.54, 1.807) is 0 Å². The summed E-state index contributed by atoms with van der Waals surface area (Å²) in [5.41, 5.74) is 2.72. The molecule has 1 heterocycles. The molecule has 2 heteroatoms. The van der Waals surface area contributed by atoms with Crippen molar-refractivity contribution in [1.82, 2.24) is 4.23 Å². The molecule has 0 saturated carbocycles. The predicted molar refractivity (Wildman–Crippen MR) is 64.8 cm³/mol. The molecule has 0 bridgehead atoms. The number of hydrogen-bond donors (Lipinski definition) is 0. The average molecular weight is 197 g/mol. The third-order valence-electron chi connectivity index (χ3n) is 2.82. The minimum atomic E-state index is 1.04. The third-order valence-corrected chi connectivity index (χ3v) is 3.78. The smallest absolute Gasteiger partial charge is 0.114 e. The molecule has 1 aromatic heterocycles. The summed E-state index contributed by atoms with van der Waals surface area (Å²) in [5, 5.41) is 2.75. The van der Waals surface area contributed by atoms with Crippen LogP contribution in [0.5, 0.6) is 0 Å². The molecule has 0 atom stereocenters. The van der Waals surface area contributed by atoms with Gasteiger partial charge >= 0.3 is 0 Å². The van der Waals surface area contributed by atoms with E-state index >= 15 is 0 Å². The number of aromatic nitrogens is 1. The summed E-state index contributed by atoms with van der Waals surface area (Å²) in [6.45, 7) is 0. The first-order valence-electron chi connectivity index (χ1n) is 4.80. The molecule has 0 unspecified atom stereocenters. The molecule has 0 aliphatic rings.